The zero-order valence-electron chi connectivity index (χ0n) is 17.8. The highest BCUT2D eigenvalue weighted by Gasteiger charge is 2.41. The second kappa shape index (κ2) is 8.40. The highest BCUT2D eigenvalue weighted by molar-refractivity contribution is 5.99. The molecule has 2 bridgehead atoms. The van der Waals surface area contributed by atoms with Gasteiger partial charge < -0.3 is 19.9 Å². The van der Waals surface area contributed by atoms with E-state index in [0.29, 0.717) is 41.1 Å². The molecule has 2 aliphatic rings. The van der Waals surface area contributed by atoms with E-state index in [2.05, 4.69) is 10.00 Å². The van der Waals surface area contributed by atoms with Crippen molar-refractivity contribution in [3.8, 4) is 17.2 Å². The predicted octanol–water partition coefficient (Wildman–Crippen LogP) is 2.85. The Labute approximate surface area is 184 Å². The van der Waals surface area contributed by atoms with Gasteiger partial charge in [0, 0.05) is 42.7 Å². The molecule has 0 saturated carbocycles. The summed E-state index contributed by atoms with van der Waals surface area (Å²) in [6.45, 7) is 3.10. The number of morpholine rings is 1. The van der Waals surface area contributed by atoms with Crippen molar-refractivity contribution in [3.63, 3.8) is 0 Å². The minimum atomic E-state index is -0.598. The number of primary amides is 1. The molecule has 0 spiro atoms. The van der Waals surface area contributed by atoms with Gasteiger partial charge in [-0.15, -0.1) is 0 Å². The van der Waals surface area contributed by atoms with Crippen molar-refractivity contribution < 1.29 is 23.4 Å². The summed E-state index contributed by atoms with van der Waals surface area (Å²) in [5.74, 6) is -0.391. The van der Waals surface area contributed by atoms with Crippen LogP contribution in [0.2, 0.25) is 0 Å². The van der Waals surface area contributed by atoms with Crippen LogP contribution in [0.15, 0.2) is 36.5 Å². The van der Waals surface area contributed by atoms with Crippen LogP contribution in [-0.4, -0.2) is 59.0 Å². The van der Waals surface area contributed by atoms with Crippen molar-refractivity contribution in [1.29, 1.82) is 0 Å². The fourth-order valence-electron chi connectivity index (χ4n) is 4.49. The smallest absolute Gasteiger partial charge is 0.248 e. The third-order valence-corrected chi connectivity index (χ3v) is 6.14. The normalized spacial score (nSPS) is 20.2. The number of hydrogen-bond donors (Lipinski definition) is 1. The zero-order valence-corrected chi connectivity index (χ0v) is 17.8. The molecule has 168 valence electrons. The molecule has 9 heteroatoms. The van der Waals surface area contributed by atoms with Crippen LogP contribution in [0.3, 0.4) is 0 Å². The van der Waals surface area contributed by atoms with Gasteiger partial charge in [-0.2, -0.15) is 5.10 Å². The Morgan fingerprint density at radius 1 is 1.25 bits per heavy atom. The van der Waals surface area contributed by atoms with Crippen LogP contribution >= 0.6 is 0 Å². The van der Waals surface area contributed by atoms with Crippen molar-refractivity contribution in [2.24, 2.45) is 12.8 Å². The zero-order chi connectivity index (χ0) is 22.2. The Morgan fingerprint density at radius 2 is 2.06 bits per heavy atom. The van der Waals surface area contributed by atoms with Gasteiger partial charge in [-0.1, -0.05) is 0 Å². The maximum atomic E-state index is 14.7. The minimum absolute atomic E-state index is 0.0230. The summed E-state index contributed by atoms with van der Waals surface area (Å²) < 4.78 is 33.4. The second-order valence-corrected chi connectivity index (χ2v) is 8.26. The maximum Gasteiger partial charge on any atom is 0.248 e. The van der Waals surface area contributed by atoms with E-state index in [1.54, 1.807) is 30.1 Å². The number of benzene rings is 2. The lowest BCUT2D eigenvalue weighted by Gasteiger charge is -2.52. The SMILES string of the molecule is Cn1ncc2cc(C(N)=O)cc(Oc3ccc(OCCCN4C5COCC4C5)cc3F)c21. The molecule has 32 heavy (non-hydrogen) atoms. The van der Waals surface area contributed by atoms with Crippen LogP contribution in [-0.2, 0) is 11.8 Å². The lowest BCUT2D eigenvalue weighted by atomic mass is 9.91. The number of carbonyl (C=O) groups is 1. The molecule has 2 atom stereocenters. The van der Waals surface area contributed by atoms with Gasteiger partial charge in [0.15, 0.2) is 17.3 Å². The Bertz CT molecular complexity index is 1150. The number of ether oxygens (including phenoxy) is 3. The highest BCUT2D eigenvalue weighted by Crippen LogP contribution is 2.34. The molecule has 0 aliphatic carbocycles. The van der Waals surface area contributed by atoms with Crippen molar-refractivity contribution in [2.75, 3.05) is 26.4 Å². The first-order valence-corrected chi connectivity index (χ1v) is 10.7. The summed E-state index contributed by atoms with van der Waals surface area (Å²) in [6.07, 6.45) is 3.69. The Hall–Kier alpha value is -3.17. The molecule has 8 nitrogen and oxygen atoms in total. The van der Waals surface area contributed by atoms with E-state index in [-0.39, 0.29) is 11.3 Å². The van der Waals surface area contributed by atoms with Gasteiger partial charge in [0.1, 0.15) is 11.3 Å². The highest BCUT2D eigenvalue weighted by atomic mass is 19.1. The topological polar surface area (TPSA) is 91.8 Å². The molecule has 2 aromatic carbocycles. The van der Waals surface area contributed by atoms with Gasteiger partial charge >= 0.3 is 0 Å². The Morgan fingerprint density at radius 3 is 2.78 bits per heavy atom. The molecule has 2 fully saturated rings. The van der Waals surface area contributed by atoms with Crippen molar-refractivity contribution in [2.45, 2.75) is 24.9 Å². The number of carbonyl (C=O) groups excluding carboxylic acids is 1. The standard InChI is InChI=1S/C23H25FN4O4/c1-27-22-15(11-26-27)7-14(23(25)29)8-21(22)32-20-4-3-18(10-19(20)24)31-6-2-5-28-16-9-17(28)13-30-12-16/h3-4,7-8,10-11,16-17H,2,5-6,9,12-13H2,1H3,(H2,25,29). The monoisotopic (exact) mass is 440 g/mol. The van der Waals surface area contributed by atoms with Crippen LogP contribution < -0.4 is 15.2 Å². The van der Waals surface area contributed by atoms with Gasteiger partial charge in [-0.25, -0.2) is 4.39 Å². The average Bonchev–Trinajstić information content (AvgIpc) is 3.16. The number of fused-ring (bicyclic) bond motifs is 3. The minimum Gasteiger partial charge on any atom is -0.493 e. The van der Waals surface area contributed by atoms with Crippen LogP contribution in [0.25, 0.3) is 10.9 Å². The van der Waals surface area contributed by atoms with Gasteiger partial charge in [-0.05, 0) is 37.1 Å². The lowest BCUT2D eigenvalue weighted by molar-refractivity contribution is -0.127. The molecule has 1 aromatic heterocycles. The third kappa shape index (κ3) is 3.89. The molecule has 2 unspecified atom stereocenters. The van der Waals surface area contributed by atoms with E-state index < -0.39 is 11.7 Å². The van der Waals surface area contributed by atoms with Crippen molar-refractivity contribution in [3.05, 3.63) is 47.9 Å². The van der Waals surface area contributed by atoms with E-state index in [0.717, 1.165) is 26.2 Å². The van der Waals surface area contributed by atoms with Crippen molar-refractivity contribution in [1.82, 2.24) is 14.7 Å². The van der Waals surface area contributed by atoms with Crippen LogP contribution in [0, 0.1) is 5.82 Å². The molecule has 1 amide bonds. The first kappa shape index (κ1) is 20.7. The second-order valence-electron chi connectivity index (χ2n) is 8.26. The predicted molar refractivity (Wildman–Crippen MR) is 116 cm³/mol. The molecule has 3 aromatic rings. The number of aryl methyl sites for hydroxylation is 1. The summed E-state index contributed by atoms with van der Waals surface area (Å²) in [5, 5.41) is 4.86. The molecule has 2 aliphatic heterocycles. The number of halogens is 1. The first-order valence-electron chi connectivity index (χ1n) is 10.7. The van der Waals surface area contributed by atoms with Gasteiger partial charge in [0.05, 0.1) is 26.0 Å². The maximum absolute atomic E-state index is 14.7. The fourth-order valence-corrected chi connectivity index (χ4v) is 4.49. The third-order valence-electron chi connectivity index (χ3n) is 6.14. The molecule has 5 rings (SSSR count). The number of rotatable bonds is 8. The lowest BCUT2D eigenvalue weighted by Crippen LogP contribution is -2.63. The van der Waals surface area contributed by atoms with E-state index in [1.807, 2.05) is 0 Å². The fraction of sp³-hybridized carbons (Fsp3) is 0.391. The average molecular weight is 440 g/mol. The van der Waals surface area contributed by atoms with E-state index in [1.165, 1.54) is 24.6 Å². The molecule has 3 heterocycles. The molecular formula is C23H25FN4O4. The van der Waals surface area contributed by atoms with Crippen LogP contribution in [0.5, 0.6) is 17.2 Å². The molecular weight excluding hydrogens is 415 g/mol. The van der Waals surface area contributed by atoms with Crippen LogP contribution in [0.4, 0.5) is 4.39 Å². The largest absolute Gasteiger partial charge is 0.493 e. The summed E-state index contributed by atoms with van der Waals surface area (Å²) >= 11 is 0. The Balaban J connectivity index is 1.24. The molecule has 0 radical (unpaired) electrons. The summed E-state index contributed by atoms with van der Waals surface area (Å²) in [6, 6.07) is 8.70. The number of hydrogen-bond acceptors (Lipinski definition) is 6. The molecule has 2 N–H and O–H groups in total. The molecule has 2 saturated heterocycles. The van der Waals surface area contributed by atoms with Gasteiger partial charge in [0.2, 0.25) is 5.91 Å². The number of nitrogens with zero attached hydrogens (tertiary/aromatic N) is 3. The number of nitrogens with two attached hydrogens (primary N) is 1. The first-order chi connectivity index (χ1) is 15.5. The van der Waals surface area contributed by atoms with E-state index >= 15 is 0 Å². The van der Waals surface area contributed by atoms with E-state index in [9.17, 15) is 9.18 Å². The number of aromatic nitrogens is 2. The van der Waals surface area contributed by atoms with Gasteiger partial charge in [-0.3, -0.25) is 14.4 Å². The van der Waals surface area contributed by atoms with Gasteiger partial charge in [0.25, 0.3) is 0 Å². The number of amides is 1. The van der Waals surface area contributed by atoms with Crippen molar-refractivity contribution >= 4 is 16.8 Å². The Kier molecular flexibility index (Phi) is 5.44. The summed E-state index contributed by atoms with van der Waals surface area (Å²) in [4.78, 5) is 14.1. The summed E-state index contributed by atoms with van der Waals surface area (Å²) in [5.41, 5.74) is 6.32. The van der Waals surface area contributed by atoms with E-state index in [4.69, 9.17) is 19.9 Å². The van der Waals surface area contributed by atoms with Crippen LogP contribution in [0.1, 0.15) is 23.2 Å². The summed E-state index contributed by atoms with van der Waals surface area (Å²) in [7, 11) is 1.74. The quantitative estimate of drug-likeness (QED) is 0.542.